The third-order valence-electron chi connectivity index (χ3n) is 5.89. The van der Waals surface area contributed by atoms with Gasteiger partial charge < -0.3 is 10.1 Å². The number of nitrogens with zero attached hydrogens (tertiary/aromatic N) is 1. The van der Waals surface area contributed by atoms with Gasteiger partial charge in [0.1, 0.15) is 5.75 Å². The third-order valence-corrected chi connectivity index (χ3v) is 7.78. The Bertz CT molecular complexity index is 1090. The van der Waals surface area contributed by atoms with Crippen molar-refractivity contribution in [1.82, 2.24) is 4.31 Å². The Morgan fingerprint density at radius 2 is 1.66 bits per heavy atom. The second-order valence-electron chi connectivity index (χ2n) is 8.02. The molecule has 0 aromatic heterocycles. The van der Waals surface area contributed by atoms with Crippen molar-refractivity contribution >= 4 is 21.6 Å². The number of anilines is 1. The Morgan fingerprint density at radius 1 is 1.00 bits per heavy atom. The van der Waals surface area contributed by atoms with Gasteiger partial charge in [-0.2, -0.15) is 4.31 Å². The molecule has 0 atom stereocenters. The number of amides is 1. The molecule has 1 aliphatic heterocycles. The molecule has 4 rings (SSSR count). The van der Waals surface area contributed by atoms with E-state index in [1.165, 1.54) is 22.0 Å². The molecule has 32 heavy (non-hydrogen) atoms. The fourth-order valence-corrected chi connectivity index (χ4v) is 5.72. The molecule has 6 nitrogen and oxygen atoms in total. The Labute approximate surface area is 184 Å². The van der Waals surface area contributed by atoms with Crippen LogP contribution in [0.3, 0.4) is 0 Å². The predicted octanol–water partition coefficient (Wildman–Crippen LogP) is 4.11. The van der Waals surface area contributed by atoms with E-state index >= 15 is 0 Å². The molecule has 0 spiro atoms. The van der Waals surface area contributed by atoms with Crippen LogP contribution >= 0.6 is 0 Å². The largest absolute Gasteiger partial charge is 0.573 e. The first-order chi connectivity index (χ1) is 15.1. The first-order valence-corrected chi connectivity index (χ1v) is 11.8. The summed E-state index contributed by atoms with van der Waals surface area (Å²) in [6.45, 7) is 0.464. The van der Waals surface area contributed by atoms with Crippen LogP contribution < -0.4 is 10.1 Å². The topological polar surface area (TPSA) is 75.7 Å². The SMILES string of the molecule is O=C(Nc1ccc(OC(F)(F)F)cc1)C1CCN(S(=O)(=O)c2ccc3c(c2)CCC3)CC1. The number of benzene rings is 2. The zero-order valence-electron chi connectivity index (χ0n) is 17.2. The van der Waals surface area contributed by atoms with Crippen molar-refractivity contribution in [1.29, 1.82) is 0 Å². The minimum atomic E-state index is -4.78. The number of fused-ring (bicyclic) bond motifs is 1. The van der Waals surface area contributed by atoms with E-state index in [9.17, 15) is 26.4 Å². The van der Waals surface area contributed by atoms with Crippen molar-refractivity contribution in [2.24, 2.45) is 5.92 Å². The monoisotopic (exact) mass is 468 g/mol. The lowest BCUT2D eigenvalue weighted by Gasteiger charge is -2.30. The van der Waals surface area contributed by atoms with Crippen LogP contribution in [0, 0.1) is 5.92 Å². The summed E-state index contributed by atoms with van der Waals surface area (Å²) in [5, 5.41) is 2.67. The van der Waals surface area contributed by atoms with Gasteiger partial charge in [0.15, 0.2) is 0 Å². The molecule has 2 aromatic carbocycles. The molecular formula is C22H23F3N2O4S. The first-order valence-electron chi connectivity index (χ1n) is 10.4. The summed E-state index contributed by atoms with van der Waals surface area (Å²) >= 11 is 0. The van der Waals surface area contributed by atoms with Gasteiger partial charge in [0.2, 0.25) is 15.9 Å². The summed E-state index contributed by atoms with van der Waals surface area (Å²) < 4.78 is 68.0. The highest BCUT2D eigenvalue weighted by molar-refractivity contribution is 7.89. The van der Waals surface area contributed by atoms with E-state index in [0.29, 0.717) is 23.4 Å². The van der Waals surface area contributed by atoms with Gasteiger partial charge in [-0.1, -0.05) is 6.07 Å². The lowest BCUT2D eigenvalue weighted by atomic mass is 9.97. The van der Waals surface area contributed by atoms with E-state index < -0.39 is 16.4 Å². The minimum Gasteiger partial charge on any atom is -0.406 e. The minimum absolute atomic E-state index is 0.232. The van der Waals surface area contributed by atoms with Crippen LogP contribution in [0.4, 0.5) is 18.9 Å². The molecule has 1 amide bonds. The van der Waals surface area contributed by atoms with Gasteiger partial charge in [0.25, 0.3) is 0 Å². The zero-order chi connectivity index (χ0) is 22.9. The van der Waals surface area contributed by atoms with E-state index in [1.54, 1.807) is 12.1 Å². The van der Waals surface area contributed by atoms with Crippen LogP contribution in [-0.2, 0) is 27.7 Å². The quantitative estimate of drug-likeness (QED) is 0.717. The molecule has 1 fully saturated rings. The number of piperidine rings is 1. The molecule has 0 radical (unpaired) electrons. The van der Waals surface area contributed by atoms with Gasteiger partial charge in [-0.05, 0) is 79.6 Å². The predicted molar refractivity (Wildman–Crippen MR) is 112 cm³/mol. The van der Waals surface area contributed by atoms with Crippen LogP contribution in [0.1, 0.15) is 30.4 Å². The van der Waals surface area contributed by atoms with E-state index in [-0.39, 0.29) is 30.7 Å². The van der Waals surface area contributed by atoms with Crippen LogP contribution in [-0.4, -0.2) is 38.1 Å². The molecule has 1 saturated heterocycles. The van der Waals surface area contributed by atoms with Crippen molar-refractivity contribution in [2.45, 2.75) is 43.4 Å². The maximum atomic E-state index is 13.0. The summed E-state index contributed by atoms with van der Waals surface area (Å²) in [5.74, 6) is -1.04. The Balaban J connectivity index is 1.33. The molecule has 2 aromatic rings. The molecule has 1 heterocycles. The third kappa shape index (κ3) is 5.07. The van der Waals surface area contributed by atoms with Gasteiger partial charge in [-0.25, -0.2) is 8.42 Å². The number of aryl methyl sites for hydroxylation is 2. The van der Waals surface area contributed by atoms with E-state index in [0.717, 1.165) is 37.0 Å². The molecular weight excluding hydrogens is 445 g/mol. The number of sulfonamides is 1. The van der Waals surface area contributed by atoms with Crippen molar-refractivity contribution in [2.75, 3.05) is 18.4 Å². The normalized spacial score (nSPS) is 17.7. The maximum absolute atomic E-state index is 13.0. The van der Waals surface area contributed by atoms with Gasteiger partial charge in [-0.15, -0.1) is 13.2 Å². The number of hydrogen-bond donors (Lipinski definition) is 1. The van der Waals surface area contributed by atoms with E-state index in [4.69, 9.17) is 0 Å². The van der Waals surface area contributed by atoms with Crippen LogP contribution in [0.5, 0.6) is 5.75 Å². The number of halogens is 3. The molecule has 1 aliphatic carbocycles. The van der Waals surface area contributed by atoms with Crippen molar-refractivity contribution < 1.29 is 31.1 Å². The van der Waals surface area contributed by atoms with Gasteiger partial charge >= 0.3 is 6.36 Å². The lowest BCUT2D eigenvalue weighted by molar-refractivity contribution is -0.274. The number of nitrogens with one attached hydrogen (secondary N) is 1. The van der Waals surface area contributed by atoms with Crippen molar-refractivity contribution in [3.05, 3.63) is 53.6 Å². The molecule has 0 unspecified atom stereocenters. The molecule has 1 N–H and O–H groups in total. The molecule has 2 aliphatic rings. The Morgan fingerprint density at radius 3 is 2.31 bits per heavy atom. The van der Waals surface area contributed by atoms with Crippen LogP contribution in [0.15, 0.2) is 47.4 Å². The number of carbonyl (C=O) groups excluding carboxylic acids is 1. The van der Waals surface area contributed by atoms with Gasteiger partial charge in [0.05, 0.1) is 4.90 Å². The van der Waals surface area contributed by atoms with Crippen LogP contribution in [0.25, 0.3) is 0 Å². The zero-order valence-corrected chi connectivity index (χ0v) is 18.0. The second-order valence-corrected chi connectivity index (χ2v) is 9.96. The number of rotatable bonds is 5. The number of hydrogen-bond acceptors (Lipinski definition) is 4. The first kappa shape index (κ1) is 22.6. The Hall–Kier alpha value is -2.59. The number of alkyl halides is 3. The molecule has 0 saturated carbocycles. The molecule has 172 valence electrons. The van der Waals surface area contributed by atoms with E-state index in [2.05, 4.69) is 10.1 Å². The highest BCUT2D eigenvalue weighted by Gasteiger charge is 2.33. The summed E-state index contributed by atoms with van der Waals surface area (Å²) in [6, 6.07) is 10.2. The fourth-order valence-electron chi connectivity index (χ4n) is 4.20. The number of ether oxygens (including phenoxy) is 1. The van der Waals surface area contributed by atoms with Crippen molar-refractivity contribution in [3.8, 4) is 5.75 Å². The maximum Gasteiger partial charge on any atom is 0.573 e. The fraction of sp³-hybridized carbons (Fsp3) is 0.409. The van der Waals surface area contributed by atoms with Gasteiger partial charge in [-0.3, -0.25) is 4.79 Å². The highest BCUT2D eigenvalue weighted by Crippen LogP contribution is 2.29. The standard InChI is InChI=1S/C22H23F3N2O4S/c23-22(24,25)31-19-7-5-18(6-8-19)26-21(28)16-10-12-27(13-11-16)32(29,30)20-9-4-15-2-1-3-17(15)14-20/h4-9,14,16H,1-3,10-13H2,(H,26,28). The summed E-state index contributed by atoms with van der Waals surface area (Å²) in [5.41, 5.74) is 2.64. The van der Waals surface area contributed by atoms with Crippen molar-refractivity contribution in [3.63, 3.8) is 0 Å². The van der Waals surface area contributed by atoms with Crippen LogP contribution in [0.2, 0.25) is 0 Å². The molecule has 0 bridgehead atoms. The van der Waals surface area contributed by atoms with Gasteiger partial charge in [0, 0.05) is 24.7 Å². The number of carbonyl (C=O) groups is 1. The van der Waals surface area contributed by atoms with E-state index in [1.807, 2.05) is 6.07 Å². The lowest BCUT2D eigenvalue weighted by Crippen LogP contribution is -2.41. The molecule has 10 heteroatoms. The second kappa shape index (κ2) is 8.74. The smallest absolute Gasteiger partial charge is 0.406 e. The summed E-state index contributed by atoms with van der Waals surface area (Å²) in [7, 11) is -3.62. The average molecular weight is 468 g/mol. The summed E-state index contributed by atoms with van der Waals surface area (Å²) in [6.07, 6.45) is -1.13. The highest BCUT2D eigenvalue weighted by atomic mass is 32.2. The average Bonchev–Trinajstić information content (AvgIpc) is 3.22. The Kier molecular flexibility index (Phi) is 6.17. The summed E-state index contributed by atoms with van der Waals surface area (Å²) in [4.78, 5) is 12.8.